The van der Waals surface area contributed by atoms with Crippen LogP contribution >= 0.6 is 0 Å². The van der Waals surface area contributed by atoms with Crippen LogP contribution in [0.15, 0.2) is 42.7 Å². The largest absolute Gasteiger partial charge is 0.469 e. The molecule has 1 amide bonds. The molecule has 0 aliphatic rings. The normalized spacial score (nSPS) is 13.2. The van der Waals surface area contributed by atoms with E-state index >= 15 is 0 Å². The van der Waals surface area contributed by atoms with Gasteiger partial charge in [-0.05, 0) is 18.2 Å². The zero-order chi connectivity index (χ0) is 16.6. The summed E-state index contributed by atoms with van der Waals surface area (Å²) >= 11 is 0. The van der Waals surface area contributed by atoms with Gasteiger partial charge in [0.15, 0.2) is 5.54 Å². The third-order valence-corrected chi connectivity index (χ3v) is 2.92. The highest BCUT2D eigenvalue weighted by atomic mass is 19.1. The van der Waals surface area contributed by atoms with Gasteiger partial charge in [-0.25, -0.2) is 9.18 Å². The van der Waals surface area contributed by atoms with E-state index in [1.807, 2.05) is 0 Å². The average Bonchev–Trinajstić information content (AvgIpc) is 2.54. The Bertz CT molecular complexity index is 573. The molecule has 1 aromatic carbocycles. The van der Waals surface area contributed by atoms with Gasteiger partial charge in [-0.3, -0.25) is 9.59 Å². The first-order valence-electron chi connectivity index (χ1n) is 6.30. The molecule has 0 aliphatic heterocycles. The van der Waals surface area contributed by atoms with Crippen LogP contribution < -0.4 is 5.32 Å². The second-order valence-corrected chi connectivity index (χ2v) is 4.33. The molecule has 0 bridgehead atoms. The minimum atomic E-state index is -1.98. The number of amides is 1. The monoisotopic (exact) mass is 309 g/mol. The first-order valence-corrected chi connectivity index (χ1v) is 6.30. The van der Waals surface area contributed by atoms with Crippen molar-refractivity contribution < 1.29 is 28.2 Å². The van der Waals surface area contributed by atoms with E-state index in [1.54, 1.807) is 18.2 Å². The number of carbonyl (C=O) groups excluding carboxylic acids is 3. The molecule has 0 unspecified atom stereocenters. The van der Waals surface area contributed by atoms with Gasteiger partial charge < -0.3 is 14.8 Å². The highest BCUT2D eigenvalue weighted by Crippen LogP contribution is 2.18. The SMILES string of the molecule is COC(=O)C[C@](/C=C\F)(NC(=O)c1ccccc1)C(=O)OC. The van der Waals surface area contributed by atoms with Gasteiger partial charge in [-0.1, -0.05) is 18.2 Å². The quantitative estimate of drug-likeness (QED) is 0.803. The standard InChI is InChI=1S/C15H16FNO5/c1-21-12(18)10-15(8-9-16,14(20)22-2)17-13(19)11-6-4-3-5-7-11/h3-9H,10H2,1-2H3,(H,17,19)/b9-8-/t15-/m0/s1. The molecule has 1 N–H and O–H groups in total. The molecule has 118 valence electrons. The summed E-state index contributed by atoms with van der Waals surface area (Å²) in [5.41, 5.74) is -1.74. The Morgan fingerprint density at radius 2 is 1.82 bits per heavy atom. The van der Waals surface area contributed by atoms with Crippen molar-refractivity contribution in [1.82, 2.24) is 5.32 Å². The Kier molecular flexibility index (Phi) is 6.25. The summed E-state index contributed by atoms with van der Waals surface area (Å²) in [7, 11) is 2.18. The lowest BCUT2D eigenvalue weighted by Crippen LogP contribution is -2.55. The Morgan fingerprint density at radius 3 is 2.32 bits per heavy atom. The van der Waals surface area contributed by atoms with E-state index in [9.17, 15) is 18.8 Å². The molecule has 0 radical (unpaired) electrons. The molecule has 0 fully saturated rings. The van der Waals surface area contributed by atoms with Crippen LogP contribution in [0.5, 0.6) is 0 Å². The minimum Gasteiger partial charge on any atom is -0.469 e. The average molecular weight is 309 g/mol. The van der Waals surface area contributed by atoms with Crippen molar-refractivity contribution in [3.63, 3.8) is 0 Å². The third kappa shape index (κ3) is 4.15. The van der Waals surface area contributed by atoms with Gasteiger partial charge in [-0.2, -0.15) is 0 Å². The lowest BCUT2D eigenvalue weighted by atomic mass is 9.94. The van der Waals surface area contributed by atoms with Crippen molar-refractivity contribution in [3.8, 4) is 0 Å². The molecule has 0 heterocycles. The van der Waals surface area contributed by atoms with Crippen molar-refractivity contribution in [2.45, 2.75) is 12.0 Å². The number of hydrogen-bond donors (Lipinski definition) is 1. The van der Waals surface area contributed by atoms with Crippen molar-refractivity contribution in [2.24, 2.45) is 0 Å². The van der Waals surface area contributed by atoms with Crippen LogP contribution in [0.4, 0.5) is 4.39 Å². The molecule has 0 aromatic heterocycles. The zero-order valence-electron chi connectivity index (χ0n) is 12.2. The van der Waals surface area contributed by atoms with E-state index in [0.717, 1.165) is 20.3 Å². The Balaban J connectivity index is 3.15. The fourth-order valence-electron chi connectivity index (χ4n) is 1.79. The predicted octanol–water partition coefficient (Wildman–Crippen LogP) is 1.37. The summed E-state index contributed by atoms with van der Waals surface area (Å²) < 4.78 is 21.8. The molecule has 1 aromatic rings. The number of benzene rings is 1. The Morgan fingerprint density at radius 1 is 1.18 bits per heavy atom. The number of halogens is 1. The number of esters is 2. The van der Waals surface area contributed by atoms with Crippen LogP contribution in [0.3, 0.4) is 0 Å². The topological polar surface area (TPSA) is 81.7 Å². The summed E-state index contributed by atoms with van der Waals surface area (Å²) in [5, 5.41) is 2.32. The number of methoxy groups -OCH3 is 2. The van der Waals surface area contributed by atoms with Crippen LogP contribution in [0.1, 0.15) is 16.8 Å². The number of ether oxygens (including phenoxy) is 2. The van der Waals surface area contributed by atoms with Crippen LogP contribution in [-0.2, 0) is 19.1 Å². The van der Waals surface area contributed by atoms with Crippen molar-refractivity contribution in [1.29, 1.82) is 0 Å². The second kappa shape index (κ2) is 7.92. The van der Waals surface area contributed by atoms with E-state index in [1.165, 1.54) is 12.1 Å². The lowest BCUT2D eigenvalue weighted by Gasteiger charge is -2.27. The zero-order valence-corrected chi connectivity index (χ0v) is 12.2. The van der Waals surface area contributed by atoms with Crippen LogP contribution in [0.2, 0.25) is 0 Å². The smallest absolute Gasteiger partial charge is 0.336 e. The van der Waals surface area contributed by atoms with E-state index in [4.69, 9.17) is 0 Å². The van der Waals surface area contributed by atoms with Gasteiger partial charge in [0.2, 0.25) is 0 Å². The number of rotatable bonds is 6. The maximum atomic E-state index is 12.7. The van der Waals surface area contributed by atoms with Crippen LogP contribution in [0, 0.1) is 0 Å². The van der Waals surface area contributed by atoms with Gasteiger partial charge in [0, 0.05) is 5.56 Å². The molecule has 0 spiro atoms. The molecule has 22 heavy (non-hydrogen) atoms. The van der Waals surface area contributed by atoms with Gasteiger partial charge in [0.25, 0.3) is 5.91 Å². The molecule has 6 nitrogen and oxygen atoms in total. The predicted molar refractivity (Wildman–Crippen MR) is 75.5 cm³/mol. The molecule has 0 saturated carbocycles. The summed E-state index contributed by atoms with van der Waals surface area (Å²) in [6.45, 7) is 0. The number of carbonyl (C=O) groups is 3. The van der Waals surface area contributed by atoms with Gasteiger partial charge in [0.1, 0.15) is 0 Å². The van der Waals surface area contributed by atoms with E-state index in [-0.39, 0.29) is 11.9 Å². The van der Waals surface area contributed by atoms with Crippen LogP contribution in [0.25, 0.3) is 0 Å². The van der Waals surface area contributed by atoms with Gasteiger partial charge in [-0.15, -0.1) is 0 Å². The van der Waals surface area contributed by atoms with E-state index < -0.39 is 29.8 Å². The highest BCUT2D eigenvalue weighted by molar-refractivity contribution is 6.00. The summed E-state index contributed by atoms with van der Waals surface area (Å²) in [5.74, 6) is -2.46. The fourth-order valence-corrected chi connectivity index (χ4v) is 1.79. The molecule has 1 atom stereocenters. The maximum absolute atomic E-state index is 12.7. The molecule has 1 rings (SSSR count). The molecule has 7 heteroatoms. The Hall–Kier alpha value is -2.70. The van der Waals surface area contributed by atoms with E-state index in [2.05, 4.69) is 14.8 Å². The molecule has 0 aliphatic carbocycles. The molecule has 0 saturated heterocycles. The fraction of sp³-hybridized carbons (Fsp3) is 0.267. The molecular formula is C15H16FNO5. The summed E-state index contributed by atoms with van der Waals surface area (Å²) in [6, 6.07) is 7.98. The first-order chi connectivity index (χ1) is 10.5. The number of nitrogens with one attached hydrogen (secondary N) is 1. The van der Waals surface area contributed by atoms with E-state index in [0.29, 0.717) is 0 Å². The Labute approximate surface area is 126 Å². The highest BCUT2D eigenvalue weighted by Gasteiger charge is 2.42. The van der Waals surface area contributed by atoms with Crippen LogP contribution in [-0.4, -0.2) is 37.6 Å². The van der Waals surface area contributed by atoms with Crippen molar-refractivity contribution in [2.75, 3.05) is 14.2 Å². The number of hydrogen-bond acceptors (Lipinski definition) is 5. The second-order valence-electron chi connectivity index (χ2n) is 4.33. The minimum absolute atomic E-state index is 0.0606. The maximum Gasteiger partial charge on any atom is 0.336 e. The lowest BCUT2D eigenvalue weighted by molar-refractivity contribution is -0.152. The van der Waals surface area contributed by atoms with Gasteiger partial charge in [0.05, 0.1) is 27.0 Å². The first kappa shape index (κ1) is 17.4. The third-order valence-electron chi connectivity index (χ3n) is 2.92. The summed E-state index contributed by atoms with van der Waals surface area (Å²) in [4.78, 5) is 35.7. The molecular weight excluding hydrogens is 293 g/mol. The van der Waals surface area contributed by atoms with Gasteiger partial charge >= 0.3 is 11.9 Å². The summed E-state index contributed by atoms with van der Waals surface area (Å²) in [6.07, 6.45) is 0.205. The van der Waals surface area contributed by atoms with Crippen molar-refractivity contribution >= 4 is 17.8 Å². The van der Waals surface area contributed by atoms with Crippen molar-refractivity contribution in [3.05, 3.63) is 48.3 Å².